The van der Waals surface area contributed by atoms with Gasteiger partial charge in [0.2, 0.25) is 4.80 Å². The van der Waals surface area contributed by atoms with E-state index in [1.165, 1.54) is 37.6 Å². The molecular weight excluding hydrogens is 338 g/mol. The summed E-state index contributed by atoms with van der Waals surface area (Å²) < 4.78 is 1.80. The van der Waals surface area contributed by atoms with Crippen molar-refractivity contribution < 1.29 is 15.3 Å². The summed E-state index contributed by atoms with van der Waals surface area (Å²) >= 11 is 1.62. The van der Waals surface area contributed by atoms with Crippen molar-refractivity contribution in [2.24, 2.45) is 10.1 Å². The summed E-state index contributed by atoms with van der Waals surface area (Å²) in [4.78, 5) is 6.91. The van der Waals surface area contributed by atoms with E-state index in [2.05, 4.69) is 5.10 Å². The van der Waals surface area contributed by atoms with Gasteiger partial charge in [0.15, 0.2) is 17.2 Å². The molecule has 1 aromatic heterocycles. The van der Waals surface area contributed by atoms with E-state index < -0.39 is 5.75 Å². The van der Waals surface area contributed by atoms with Gasteiger partial charge in [-0.1, -0.05) is 19.3 Å². The molecule has 25 heavy (non-hydrogen) atoms. The molecule has 0 saturated heterocycles. The van der Waals surface area contributed by atoms with Gasteiger partial charge in [0.05, 0.1) is 18.0 Å². The highest BCUT2D eigenvalue weighted by molar-refractivity contribution is 7.09. The zero-order valence-electron chi connectivity index (χ0n) is 14.4. The first-order valence-corrected chi connectivity index (χ1v) is 9.29. The van der Waals surface area contributed by atoms with Crippen LogP contribution < -0.4 is 4.80 Å². The van der Waals surface area contributed by atoms with Crippen molar-refractivity contribution in [1.29, 1.82) is 0 Å². The van der Waals surface area contributed by atoms with E-state index in [0.29, 0.717) is 11.6 Å². The Morgan fingerprint density at radius 3 is 2.36 bits per heavy atom. The Hall–Kier alpha value is -2.28. The van der Waals surface area contributed by atoms with Gasteiger partial charge >= 0.3 is 0 Å². The number of phenolic OH excluding ortho intramolecular Hbond substituents is 3. The van der Waals surface area contributed by atoms with Crippen molar-refractivity contribution in [3.8, 4) is 17.2 Å². The first-order chi connectivity index (χ1) is 12.0. The van der Waals surface area contributed by atoms with Crippen LogP contribution in [0, 0.1) is 13.8 Å². The molecule has 0 amide bonds. The quantitative estimate of drug-likeness (QED) is 0.578. The number of rotatable bonds is 3. The van der Waals surface area contributed by atoms with Crippen LogP contribution in [0.4, 0.5) is 0 Å². The molecule has 0 bridgehead atoms. The van der Waals surface area contributed by atoms with Crippen molar-refractivity contribution in [1.82, 2.24) is 4.68 Å². The Kier molecular flexibility index (Phi) is 5.13. The summed E-state index contributed by atoms with van der Waals surface area (Å²) in [5.41, 5.74) is 1.51. The predicted molar refractivity (Wildman–Crippen MR) is 98.6 cm³/mol. The molecule has 2 aromatic rings. The fraction of sp³-hybridized carbons (Fsp3) is 0.444. The van der Waals surface area contributed by atoms with E-state index in [1.807, 2.05) is 13.8 Å². The van der Waals surface area contributed by atoms with Gasteiger partial charge in [0, 0.05) is 10.4 Å². The van der Waals surface area contributed by atoms with Crippen LogP contribution in [0.2, 0.25) is 0 Å². The van der Waals surface area contributed by atoms with Crippen LogP contribution in [-0.4, -0.2) is 32.3 Å². The minimum atomic E-state index is -0.527. The molecule has 1 aliphatic carbocycles. The normalized spacial score (nSPS) is 16.8. The van der Waals surface area contributed by atoms with Gasteiger partial charge in [0.25, 0.3) is 0 Å². The van der Waals surface area contributed by atoms with Crippen LogP contribution in [0.1, 0.15) is 48.2 Å². The van der Waals surface area contributed by atoms with Crippen molar-refractivity contribution in [3.63, 3.8) is 0 Å². The molecule has 1 aromatic carbocycles. The second kappa shape index (κ2) is 7.31. The summed E-state index contributed by atoms with van der Waals surface area (Å²) in [7, 11) is 0. The second-order valence-electron chi connectivity index (χ2n) is 6.41. The number of aromatic nitrogens is 1. The van der Waals surface area contributed by atoms with E-state index in [0.717, 1.165) is 28.2 Å². The monoisotopic (exact) mass is 361 g/mol. The number of phenols is 3. The molecule has 1 fully saturated rings. The van der Waals surface area contributed by atoms with Gasteiger partial charge in [-0.25, -0.2) is 4.68 Å². The zero-order valence-corrected chi connectivity index (χ0v) is 15.3. The third-order valence-electron chi connectivity index (χ3n) is 4.53. The molecule has 0 atom stereocenters. The summed E-state index contributed by atoms with van der Waals surface area (Å²) in [6.07, 6.45) is 7.54. The van der Waals surface area contributed by atoms with Gasteiger partial charge in [-0.2, -0.15) is 5.10 Å². The van der Waals surface area contributed by atoms with Gasteiger partial charge in [-0.05, 0) is 38.8 Å². The van der Waals surface area contributed by atoms with Gasteiger partial charge in [0.1, 0.15) is 0 Å². The van der Waals surface area contributed by atoms with Crippen LogP contribution in [0.25, 0.3) is 0 Å². The Labute approximate surface area is 150 Å². The lowest BCUT2D eigenvalue weighted by Crippen LogP contribution is -2.19. The van der Waals surface area contributed by atoms with Crippen LogP contribution in [0.15, 0.2) is 22.2 Å². The number of hydrogen-bond acceptors (Lipinski definition) is 6. The van der Waals surface area contributed by atoms with Crippen LogP contribution in [-0.2, 0) is 0 Å². The highest BCUT2D eigenvalue weighted by atomic mass is 32.1. The van der Waals surface area contributed by atoms with Crippen LogP contribution in [0.5, 0.6) is 17.2 Å². The first kappa shape index (κ1) is 17.5. The van der Waals surface area contributed by atoms with E-state index in [9.17, 15) is 15.3 Å². The summed E-state index contributed by atoms with van der Waals surface area (Å²) in [5, 5.41) is 33.1. The van der Waals surface area contributed by atoms with Crippen molar-refractivity contribution >= 4 is 17.6 Å². The maximum absolute atomic E-state index is 9.61. The highest BCUT2D eigenvalue weighted by Gasteiger charge is 2.13. The molecule has 1 aliphatic rings. The minimum absolute atomic E-state index is 0.356. The molecule has 7 heteroatoms. The third-order valence-corrected chi connectivity index (χ3v) is 5.60. The molecule has 134 valence electrons. The molecule has 0 spiro atoms. The molecule has 1 heterocycles. The number of thiazole rings is 1. The fourth-order valence-corrected chi connectivity index (χ4v) is 3.93. The summed E-state index contributed by atoms with van der Waals surface area (Å²) in [6, 6.07) is 3.06. The Morgan fingerprint density at radius 1 is 1.08 bits per heavy atom. The molecule has 6 nitrogen and oxygen atoms in total. The maximum Gasteiger partial charge on any atom is 0.206 e. The smallest absolute Gasteiger partial charge is 0.206 e. The Balaban J connectivity index is 1.95. The third kappa shape index (κ3) is 3.87. The number of hydrogen-bond donors (Lipinski definition) is 3. The lowest BCUT2D eigenvalue weighted by atomic mass is 9.96. The van der Waals surface area contributed by atoms with E-state index in [4.69, 9.17) is 4.99 Å². The van der Waals surface area contributed by atoms with Gasteiger partial charge < -0.3 is 15.3 Å². The molecule has 3 rings (SSSR count). The van der Waals surface area contributed by atoms with Crippen molar-refractivity contribution in [2.75, 3.05) is 0 Å². The second-order valence-corrected chi connectivity index (χ2v) is 7.59. The van der Waals surface area contributed by atoms with Crippen LogP contribution >= 0.6 is 11.3 Å². The standard InChI is InChI=1S/C18H23N3O3S/c1-11-12(2)25-18(20-14-6-4-3-5-7-14)21(11)19-10-13-8-15(22)17(24)16(23)9-13/h8-10,14,22-24H,3-7H2,1-2H3/b19-10+,20-18?. The summed E-state index contributed by atoms with van der Waals surface area (Å²) in [6.45, 7) is 4.04. The molecule has 0 radical (unpaired) electrons. The average Bonchev–Trinajstić information content (AvgIpc) is 2.85. The zero-order chi connectivity index (χ0) is 18.0. The molecule has 0 aliphatic heterocycles. The topological polar surface area (TPSA) is 90.3 Å². The van der Waals surface area contributed by atoms with E-state index in [1.54, 1.807) is 16.0 Å². The lowest BCUT2D eigenvalue weighted by Gasteiger charge is -2.16. The Bertz CT molecular complexity index is 838. The van der Waals surface area contributed by atoms with E-state index in [-0.39, 0.29) is 11.5 Å². The molecular formula is C18H23N3O3S. The minimum Gasteiger partial charge on any atom is -0.504 e. The van der Waals surface area contributed by atoms with Gasteiger partial charge in [-0.3, -0.25) is 4.99 Å². The molecule has 3 N–H and O–H groups in total. The number of nitrogens with zero attached hydrogens (tertiary/aromatic N) is 3. The maximum atomic E-state index is 9.61. The number of aromatic hydroxyl groups is 3. The lowest BCUT2D eigenvalue weighted by molar-refractivity contribution is 0.368. The van der Waals surface area contributed by atoms with Gasteiger partial charge in [-0.15, -0.1) is 11.3 Å². The van der Waals surface area contributed by atoms with Crippen molar-refractivity contribution in [3.05, 3.63) is 33.1 Å². The van der Waals surface area contributed by atoms with Crippen LogP contribution in [0.3, 0.4) is 0 Å². The number of aryl methyl sites for hydroxylation is 1. The summed E-state index contributed by atoms with van der Waals surface area (Å²) in [5.74, 6) is -1.28. The SMILES string of the molecule is Cc1sc(=NC2CCCCC2)n(/N=C/c2cc(O)c(O)c(O)c2)c1C. The first-order valence-electron chi connectivity index (χ1n) is 8.48. The predicted octanol–water partition coefficient (Wildman–Crippen LogP) is 3.40. The average molecular weight is 361 g/mol. The van der Waals surface area contributed by atoms with Crippen molar-refractivity contribution in [2.45, 2.75) is 52.0 Å². The fourth-order valence-electron chi connectivity index (χ4n) is 2.95. The molecule has 0 unspecified atom stereocenters. The highest BCUT2D eigenvalue weighted by Crippen LogP contribution is 2.34. The Morgan fingerprint density at radius 2 is 1.72 bits per heavy atom. The van der Waals surface area contributed by atoms with E-state index >= 15 is 0 Å². The molecule has 1 saturated carbocycles. The number of benzene rings is 1. The largest absolute Gasteiger partial charge is 0.504 e.